The van der Waals surface area contributed by atoms with E-state index in [1.807, 2.05) is 0 Å². The van der Waals surface area contributed by atoms with Crippen LogP contribution in [-0.2, 0) is 0 Å². The average Bonchev–Trinajstić information content (AvgIpc) is 2.58. The van der Waals surface area contributed by atoms with Crippen LogP contribution in [0.1, 0.15) is 15.9 Å². The Bertz CT molecular complexity index is 739. The van der Waals surface area contributed by atoms with Crippen LogP contribution < -0.4 is 14.2 Å². The maximum absolute atomic E-state index is 13.6. The van der Waals surface area contributed by atoms with Crippen LogP contribution in [0.15, 0.2) is 36.4 Å². The highest BCUT2D eigenvalue weighted by Gasteiger charge is 2.15. The van der Waals surface area contributed by atoms with Gasteiger partial charge in [0.1, 0.15) is 11.6 Å². The summed E-state index contributed by atoms with van der Waals surface area (Å²) in [6.45, 7) is 0. The van der Waals surface area contributed by atoms with Crippen LogP contribution in [0, 0.1) is 11.6 Å². The van der Waals surface area contributed by atoms with E-state index in [0.29, 0.717) is 22.8 Å². The van der Waals surface area contributed by atoms with Crippen molar-refractivity contribution in [1.29, 1.82) is 0 Å². The normalized spacial score (nSPS) is 10.7. The van der Waals surface area contributed by atoms with Gasteiger partial charge in [0.25, 0.3) is 0 Å². The van der Waals surface area contributed by atoms with E-state index in [9.17, 15) is 13.6 Å². The molecule has 0 fully saturated rings. The van der Waals surface area contributed by atoms with Gasteiger partial charge >= 0.3 is 0 Å². The Labute approximate surface area is 138 Å². The molecule has 0 aliphatic heterocycles. The van der Waals surface area contributed by atoms with Crippen molar-refractivity contribution >= 4 is 11.9 Å². The number of methoxy groups -OCH3 is 3. The third-order valence-electron chi connectivity index (χ3n) is 3.32. The van der Waals surface area contributed by atoms with Crippen LogP contribution in [0.5, 0.6) is 17.2 Å². The van der Waals surface area contributed by atoms with E-state index in [4.69, 9.17) is 14.2 Å². The number of allylic oxidation sites excluding steroid dienone is 1. The quantitative estimate of drug-likeness (QED) is 0.594. The fourth-order valence-electron chi connectivity index (χ4n) is 2.19. The largest absolute Gasteiger partial charge is 0.493 e. The van der Waals surface area contributed by atoms with Gasteiger partial charge in [-0.1, -0.05) is 12.1 Å². The van der Waals surface area contributed by atoms with Crippen molar-refractivity contribution in [3.8, 4) is 17.2 Å². The number of halogens is 2. The van der Waals surface area contributed by atoms with Gasteiger partial charge in [-0.3, -0.25) is 4.79 Å². The molecule has 0 saturated heterocycles. The topological polar surface area (TPSA) is 44.8 Å². The zero-order valence-corrected chi connectivity index (χ0v) is 13.4. The molecule has 0 spiro atoms. The second kappa shape index (κ2) is 7.59. The lowest BCUT2D eigenvalue weighted by Gasteiger charge is -2.12. The third kappa shape index (κ3) is 3.53. The molecular formula is C18H16F2O4. The summed E-state index contributed by atoms with van der Waals surface area (Å²) in [4.78, 5) is 12.0. The predicted octanol–water partition coefficient (Wildman–Crippen LogP) is 3.89. The molecule has 2 rings (SSSR count). The van der Waals surface area contributed by atoms with Crippen molar-refractivity contribution in [3.63, 3.8) is 0 Å². The van der Waals surface area contributed by atoms with Gasteiger partial charge in [-0.15, -0.1) is 0 Å². The minimum atomic E-state index is -0.908. The SMILES string of the molecule is COc1cc(/C=C/C(=O)c2c(F)cccc2F)cc(OC)c1OC. The molecule has 2 aromatic carbocycles. The molecule has 4 nitrogen and oxygen atoms in total. The molecule has 0 bridgehead atoms. The standard InChI is InChI=1S/C18H16F2O4/c1-22-15-9-11(10-16(23-2)18(15)24-3)7-8-14(21)17-12(19)5-4-6-13(17)20/h4-10H,1-3H3/b8-7+. The van der Waals surface area contributed by atoms with Gasteiger partial charge in [0.15, 0.2) is 17.3 Å². The molecule has 24 heavy (non-hydrogen) atoms. The minimum Gasteiger partial charge on any atom is -0.493 e. The van der Waals surface area contributed by atoms with E-state index in [1.165, 1.54) is 33.5 Å². The number of benzene rings is 2. The van der Waals surface area contributed by atoms with Gasteiger partial charge in [-0.25, -0.2) is 8.78 Å². The smallest absolute Gasteiger partial charge is 0.203 e. The Hall–Kier alpha value is -2.89. The molecule has 0 unspecified atom stereocenters. The summed E-state index contributed by atoms with van der Waals surface area (Å²) >= 11 is 0. The molecule has 0 radical (unpaired) electrons. The van der Waals surface area contributed by atoms with Crippen LogP contribution in [0.3, 0.4) is 0 Å². The fourth-order valence-corrected chi connectivity index (χ4v) is 2.19. The number of rotatable bonds is 6. The monoisotopic (exact) mass is 334 g/mol. The van der Waals surface area contributed by atoms with Gasteiger partial charge in [0.05, 0.1) is 26.9 Å². The molecule has 0 N–H and O–H groups in total. The average molecular weight is 334 g/mol. The number of ether oxygens (including phenoxy) is 3. The molecular weight excluding hydrogens is 318 g/mol. The molecule has 0 atom stereocenters. The molecule has 0 amide bonds. The Kier molecular flexibility index (Phi) is 5.52. The molecule has 2 aromatic rings. The van der Waals surface area contributed by atoms with Crippen LogP contribution in [0.25, 0.3) is 6.08 Å². The van der Waals surface area contributed by atoms with Gasteiger partial charge < -0.3 is 14.2 Å². The summed E-state index contributed by atoms with van der Waals surface area (Å²) in [5.41, 5.74) is -0.0456. The van der Waals surface area contributed by atoms with Gasteiger partial charge in [-0.05, 0) is 35.9 Å². The maximum Gasteiger partial charge on any atom is 0.203 e. The molecule has 0 aliphatic rings. The van der Waals surface area contributed by atoms with Crippen molar-refractivity contribution in [2.45, 2.75) is 0 Å². The summed E-state index contributed by atoms with van der Waals surface area (Å²) < 4.78 is 42.8. The number of carbonyl (C=O) groups excluding carboxylic acids is 1. The Balaban J connectivity index is 2.37. The first-order valence-corrected chi connectivity index (χ1v) is 6.98. The van der Waals surface area contributed by atoms with Crippen LogP contribution in [-0.4, -0.2) is 27.1 Å². The molecule has 0 aliphatic carbocycles. The second-order valence-electron chi connectivity index (χ2n) is 4.75. The van der Waals surface area contributed by atoms with E-state index in [1.54, 1.807) is 12.1 Å². The van der Waals surface area contributed by atoms with Crippen molar-refractivity contribution < 1.29 is 27.8 Å². The maximum atomic E-state index is 13.6. The minimum absolute atomic E-state index is 0.404. The van der Waals surface area contributed by atoms with Crippen molar-refractivity contribution in [3.05, 3.63) is 59.2 Å². The van der Waals surface area contributed by atoms with Crippen LogP contribution in [0.4, 0.5) is 8.78 Å². The highest BCUT2D eigenvalue weighted by Crippen LogP contribution is 2.38. The second-order valence-corrected chi connectivity index (χ2v) is 4.75. The zero-order valence-electron chi connectivity index (χ0n) is 13.4. The lowest BCUT2D eigenvalue weighted by atomic mass is 10.1. The van der Waals surface area contributed by atoms with E-state index < -0.39 is 23.0 Å². The first-order chi connectivity index (χ1) is 11.5. The molecule has 126 valence electrons. The molecule has 0 heterocycles. The van der Waals surface area contributed by atoms with Gasteiger partial charge in [0, 0.05) is 0 Å². The van der Waals surface area contributed by atoms with E-state index in [2.05, 4.69) is 0 Å². The van der Waals surface area contributed by atoms with Crippen molar-refractivity contribution in [2.75, 3.05) is 21.3 Å². The third-order valence-corrected chi connectivity index (χ3v) is 3.32. The Morgan fingerprint density at radius 1 is 0.958 bits per heavy atom. The Morgan fingerprint density at radius 2 is 1.50 bits per heavy atom. The molecule has 6 heteroatoms. The number of hydrogen-bond donors (Lipinski definition) is 0. The van der Waals surface area contributed by atoms with Crippen molar-refractivity contribution in [2.24, 2.45) is 0 Å². The van der Waals surface area contributed by atoms with E-state index >= 15 is 0 Å². The molecule has 0 aromatic heterocycles. The fraction of sp³-hybridized carbons (Fsp3) is 0.167. The highest BCUT2D eigenvalue weighted by atomic mass is 19.1. The van der Waals surface area contributed by atoms with Crippen LogP contribution in [0.2, 0.25) is 0 Å². The molecule has 0 saturated carbocycles. The Morgan fingerprint density at radius 3 is 1.96 bits per heavy atom. The highest BCUT2D eigenvalue weighted by molar-refractivity contribution is 6.07. The predicted molar refractivity (Wildman–Crippen MR) is 85.8 cm³/mol. The number of ketones is 1. The van der Waals surface area contributed by atoms with E-state index in [0.717, 1.165) is 18.2 Å². The first-order valence-electron chi connectivity index (χ1n) is 6.98. The van der Waals surface area contributed by atoms with Gasteiger partial charge in [0.2, 0.25) is 5.75 Å². The van der Waals surface area contributed by atoms with E-state index in [-0.39, 0.29) is 0 Å². The summed E-state index contributed by atoms with van der Waals surface area (Å²) in [7, 11) is 4.40. The first kappa shape index (κ1) is 17.5. The summed E-state index contributed by atoms with van der Waals surface area (Å²) in [5.74, 6) is -1.38. The van der Waals surface area contributed by atoms with Gasteiger partial charge in [-0.2, -0.15) is 0 Å². The summed E-state index contributed by atoms with van der Waals surface area (Å²) in [6.07, 6.45) is 2.50. The lowest BCUT2D eigenvalue weighted by molar-refractivity contribution is 0.104. The summed E-state index contributed by atoms with van der Waals surface area (Å²) in [5, 5.41) is 0. The lowest BCUT2D eigenvalue weighted by Crippen LogP contribution is -2.02. The van der Waals surface area contributed by atoms with Crippen LogP contribution >= 0.6 is 0 Å². The zero-order chi connectivity index (χ0) is 17.7. The van der Waals surface area contributed by atoms with Crippen molar-refractivity contribution in [1.82, 2.24) is 0 Å². The number of carbonyl (C=O) groups is 1. The summed E-state index contributed by atoms with van der Waals surface area (Å²) in [6, 6.07) is 6.49. The number of hydrogen-bond acceptors (Lipinski definition) is 4.